The first-order valence-electron chi connectivity index (χ1n) is 7.87. The van der Waals surface area contributed by atoms with E-state index in [1.165, 1.54) is 6.20 Å². The number of rotatable bonds is 4. The summed E-state index contributed by atoms with van der Waals surface area (Å²) in [5.74, 6) is -0.103. The number of benzene rings is 1. The summed E-state index contributed by atoms with van der Waals surface area (Å²) in [7, 11) is 0. The topological polar surface area (TPSA) is 119 Å². The Hall–Kier alpha value is -3.16. The number of fused-ring (bicyclic) bond motifs is 1. The molecule has 0 bridgehead atoms. The number of carbonyl (C=O) groups is 1. The molecule has 0 saturated carbocycles. The van der Waals surface area contributed by atoms with Crippen LogP contribution in [0, 0.1) is 0 Å². The number of aromatic amines is 1. The molecule has 0 spiro atoms. The Morgan fingerprint density at radius 3 is 2.56 bits per heavy atom. The lowest BCUT2D eigenvalue weighted by Crippen LogP contribution is -2.24. The van der Waals surface area contributed by atoms with Gasteiger partial charge >= 0.3 is 0 Å². The van der Waals surface area contributed by atoms with Crippen LogP contribution in [0.1, 0.15) is 36.7 Å². The first-order chi connectivity index (χ1) is 11.8. The fraction of sp³-hybridized carbons (Fsp3) is 0.294. The number of primary amides is 1. The van der Waals surface area contributed by atoms with Crippen molar-refractivity contribution in [3.63, 3.8) is 0 Å². The van der Waals surface area contributed by atoms with Crippen molar-refractivity contribution in [1.82, 2.24) is 19.7 Å². The van der Waals surface area contributed by atoms with Crippen LogP contribution >= 0.6 is 0 Å². The van der Waals surface area contributed by atoms with E-state index < -0.39 is 5.91 Å². The van der Waals surface area contributed by atoms with Crippen LogP contribution in [0.5, 0.6) is 0 Å². The van der Waals surface area contributed by atoms with E-state index in [4.69, 9.17) is 5.73 Å². The number of carbonyl (C=O) groups excluding carboxylic acids is 1. The van der Waals surface area contributed by atoms with Crippen LogP contribution in [0.15, 0.2) is 35.3 Å². The number of anilines is 1. The Morgan fingerprint density at radius 1 is 1.28 bits per heavy atom. The van der Waals surface area contributed by atoms with E-state index in [2.05, 4.69) is 20.4 Å². The first kappa shape index (κ1) is 16.7. The largest absolute Gasteiger partial charge is 0.366 e. The van der Waals surface area contributed by atoms with Gasteiger partial charge in [-0.1, -0.05) is 12.1 Å². The third kappa shape index (κ3) is 3.37. The fourth-order valence-corrected chi connectivity index (χ4v) is 2.47. The molecule has 8 nitrogen and oxygen atoms in total. The summed E-state index contributed by atoms with van der Waals surface area (Å²) in [5, 5.41) is 7.81. The molecule has 0 saturated heterocycles. The van der Waals surface area contributed by atoms with Crippen LogP contribution in [-0.4, -0.2) is 25.7 Å². The van der Waals surface area contributed by atoms with Crippen LogP contribution in [0.3, 0.4) is 0 Å². The number of aromatic nitrogens is 4. The standard InChI is InChI=1S/C17H20N6O2/c1-17(2,3)23-14-12(9-20-23)15(25)22-16(21-14)19-8-10-4-6-11(7-5-10)13(18)24/h4-7,9H,8H2,1-3H3,(H2,18,24)(H2,19,21,22,25). The maximum absolute atomic E-state index is 12.2. The predicted octanol–water partition coefficient (Wildman–Crippen LogP) is 1.59. The van der Waals surface area contributed by atoms with Crippen LogP contribution in [0.2, 0.25) is 0 Å². The number of H-pyrrole nitrogens is 1. The van der Waals surface area contributed by atoms with E-state index in [0.717, 1.165) is 5.56 Å². The van der Waals surface area contributed by atoms with Gasteiger partial charge in [0.05, 0.1) is 11.7 Å². The molecule has 25 heavy (non-hydrogen) atoms. The quantitative estimate of drug-likeness (QED) is 0.666. The van der Waals surface area contributed by atoms with Crippen LogP contribution in [-0.2, 0) is 12.1 Å². The molecule has 8 heteroatoms. The van der Waals surface area contributed by atoms with Gasteiger partial charge in [-0.2, -0.15) is 10.1 Å². The van der Waals surface area contributed by atoms with Crippen molar-refractivity contribution < 1.29 is 4.79 Å². The van der Waals surface area contributed by atoms with E-state index in [-0.39, 0.29) is 11.1 Å². The zero-order chi connectivity index (χ0) is 18.2. The third-order valence-corrected chi connectivity index (χ3v) is 3.77. The van der Waals surface area contributed by atoms with Crippen molar-refractivity contribution in [3.8, 4) is 0 Å². The Balaban J connectivity index is 1.86. The fourth-order valence-electron chi connectivity index (χ4n) is 2.47. The molecule has 0 aliphatic carbocycles. The van der Waals surface area contributed by atoms with Gasteiger partial charge in [-0.15, -0.1) is 0 Å². The molecule has 0 aliphatic heterocycles. The van der Waals surface area contributed by atoms with Gasteiger partial charge in [0.15, 0.2) is 5.65 Å². The summed E-state index contributed by atoms with van der Waals surface area (Å²) in [6.45, 7) is 6.43. The van der Waals surface area contributed by atoms with Crippen molar-refractivity contribution in [1.29, 1.82) is 0 Å². The normalized spacial score (nSPS) is 11.6. The molecule has 130 valence electrons. The van der Waals surface area contributed by atoms with Gasteiger partial charge in [0, 0.05) is 12.1 Å². The number of hydrogen-bond donors (Lipinski definition) is 3. The minimum Gasteiger partial charge on any atom is -0.366 e. The Kier molecular flexibility index (Phi) is 4.03. The Bertz CT molecular complexity index is 979. The predicted molar refractivity (Wildman–Crippen MR) is 95.4 cm³/mol. The lowest BCUT2D eigenvalue weighted by Gasteiger charge is -2.19. The summed E-state index contributed by atoms with van der Waals surface area (Å²) >= 11 is 0. The molecular weight excluding hydrogens is 320 g/mol. The van der Waals surface area contributed by atoms with Crippen LogP contribution in [0.25, 0.3) is 11.0 Å². The number of nitrogens with one attached hydrogen (secondary N) is 2. The molecule has 0 aliphatic rings. The summed E-state index contributed by atoms with van der Waals surface area (Å²) in [4.78, 5) is 30.5. The molecule has 0 radical (unpaired) electrons. The highest BCUT2D eigenvalue weighted by molar-refractivity contribution is 5.92. The second-order valence-corrected chi connectivity index (χ2v) is 6.79. The minimum atomic E-state index is -0.466. The summed E-state index contributed by atoms with van der Waals surface area (Å²) in [6, 6.07) is 6.91. The molecule has 1 aromatic carbocycles. The molecule has 3 rings (SSSR count). The van der Waals surface area contributed by atoms with Gasteiger partial charge in [0.1, 0.15) is 5.39 Å². The van der Waals surface area contributed by atoms with E-state index in [1.807, 2.05) is 20.8 Å². The van der Waals surface area contributed by atoms with Crippen molar-refractivity contribution in [2.24, 2.45) is 5.73 Å². The third-order valence-electron chi connectivity index (χ3n) is 3.77. The summed E-state index contributed by atoms with van der Waals surface area (Å²) < 4.78 is 1.73. The Morgan fingerprint density at radius 2 is 1.96 bits per heavy atom. The van der Waals surface area contributed by atoms with Gasteiger partial charge in [-0.05, 0) is 38.5 Å². The van der Waals surface area contributed by atoms with Crippen molar-refractivity contribution >= 4 is 22.9 Å². The lowest BCUT2D eigenvalue weighted by atomic mass is 10.1. The average Bonchev–Trinajstić information content (AvgIpc) is 2.98. The van der Waals surface area contributed by atoms with E-state index in [1.54, 1.807) is 28.9 Å². The van der Waals surface area contributed by atoms with Crippen molar-refractivity contribution in [2.45, 2.75) is 32.9 Å². The molecular formula is C17H20N6O2. The second-order valence-electron chi connectivity index (χ2n) is 6.79. The molecule has 4 N–H and O–H groups in total. The highest BCUT2D eigenvalue weighted by Crippen LogP contribution is 2.18. The number of amides is 1. The first-order valence-corrected chi connectivity index (χ1v) is 7.87. The van der Waals surface area contributed by atoms with Gasteiger partial charge in [0.2, 0.25) is 11.9 Å². The van der Waals surface area contributed by atoms with Gasteiger partial charge in [-0.3, -0.25) is 14.6 Å². The maximum atomic E-state index is 12.2. The Labute approximate surface area is 144 Å². The molecule has 0 fully saturated rings. The highest BCUT2D eigenvalue weighted by Gasteiger charge is 2.19. The van der Waals surface area contributed by atoms with E-state index >= 15 is 0 Å². The molecule has 0 atom stereocenters. The van der Waals surface area contributed by atoms with Crippen molar-refractivity contribution in [2.75, 3.05) is 5.32 Å². The second kappa shape index (κ2) is 6.04. The number of nitrogens with zero attached hydrogens (tertiary/aromatic N) is 3. The SMILES string of the molecule is CC(C)(C)n1ncc2c(=O)[nH]c(NCc3ccc(C(N)=O)cc3)nc21. The summed E-state index contributed by atoms with van der Waals surface area (Å²) in [6.07, 6.45) is 1.53. The molecule has 2 heterocycles. The zero-order valence-corrected chi connectivity index (χ0v) is 14.3. The molecule has 1 amide bonds. The number of nitrogens with two attached hydrogens (primary N) is 1. The van der Waals surface area contributed by atoms with Gasteiger partial charge < -0.3 is 11.1 Å². The van der Waals surface area contributed by atoms with E-state index in [0.29, 0.717) is 29.1 Å². The molecule has 2 aromatic heterocycles. The monoisotopic (exact) mass is 340 g/mol. The van der Waals surface area contributed by atoms with E-state index in [9.17, 15) is 9.59 Å². The molecule has 0 unspecified atom stereocenters. The van der Waals surface area contributed by atoms with Crippen molar-refractivity contribution in [3.05, 3.63) is 51.9 Å². The van der Waals surface area contributed by atoms with Crippen LogP contribution < -0.4 is 16.6 Å². The maximum Gasteiger partial charge on any atom is 0.263 e. The van der Waals surface area contributed by atoms with Gasteiger partial charge in [0.25, 0.3) is 5.56 Å². The number of hydrogen-bond acceptors (Lipinski definition) is 5. The zero-order valence-electron chi connectivity index (χ0n) is 14.3. The van der Waals surface area contributed by atoms with Gasteiger partial charge in [-0.25, -0.2) is 4.68 Å². The lowest BCUT2D eigenvalue weighted by molar-refractivity contribution is 0.100. The van der Waals surface area contributed by atoms with Crippen LogP contribution in [0.4, 0.5) is 5.95 Å². The highest BCUT2D eigenvalue weighted by atomic mass is 16.1. The summed E-state index contributed by atoms with van der Waals surface area (Å²) in [5.41, 5.74) is 6.60. The smallest absolute Gasteiger partial charge is 0.263 e. The minimum absolute atomic E-state index is 0.243. The average molecular weight is 340 g/mol. The molecule has 3 aromatic rings.